The number of hydrogen-bond acceptors (Lipinski definition) is 2. The fraction of sp³-hybridized carbons (Fsp3) is 0. The standard InChI is InChI=1S/C54H38N2/c1-5-15-39(16-6-1)42-19-13-25-47(35-42)55(45-21-9-3-10-22-45)49-31-34-51-44(37-49)29-33-53-52(51)32-28-41-27-30-50(38-54(41)53)56(46-23-11-4-12-24-46)48-26-14-20-43(36-48)40-17-7-2-8-18-40/h1-38H. The van der Waals surface area contributed by atoms with Crippen LogP contribution in [0, 0.1) is 0 Å². The first-order valence-corrected chi connectivity index (χ1v) is 19.2. The molecule has 0 aliphatic carbocycles. The van der Waals surface area contributed by atoms with Gasteiger partial charge in [0.2, 0.25) is 0 Å². The lowest BCUT2D eigenvalue weighted by Gasteiger charge is -2.27. The first-order chi connectivity index (χ1) is 27.8. The Labute approximate surface area is 327 Å². The van der Waals surface area contributed by atoms with E-state index in [0.29, 0.717) is 0 Å². The van der Waals surface area contributed by atoms with Gasteiger partial charge in [-0.2, -0.15) is 0 Å². The van der Waals surface area contributed by atoms with Crippen LogP contribution < -0.4 is 9.80 Å². The van der Waals surface area contributed by atoms with Crippen LogP contribution in [0.4, 0.5) is 34.1 Å². The van der Waals surface area contributed by atoms with E-state index in [1.165, 1.54) is 54.6 Å². The molecule has 0 bridgehead atoms. The van der Waals surface area contributed by atoms with Gasteiger partial charge in [0.05, 0.1) is 0 Å². The quantitative estimate of drug-likeness (QED) is 0.145. The monoisotopic (exact) mass is 714 g/mol. The van der Waals surface area contributed by atoms with E-state index in [1.54, 1.807) is 0 Å². The molecule has 0 N–H and O–H groups in total. The number of hydrogen-bond donors (Lipinski definition) is 0. The van der Waals surface area contributed by atoms with Gasteiger partial charge in [0, 0.05) is 34.1 Å². The molecule has 264 valence electrons. The zero-order chi connectivity index (χ0) is 37.3. The summed E-state index contributed by atoms with van der Waals surface area (Å²) in [4.78, 5) is 4.72. The second kappa shape index (κ2) is 14.4. The molecule has 0 heterocycles. The van der Waals surface area contributed by atoms with E-state index in [-0.39, 0.29) is 0 Å². The summed E-state index contributed by atoms with van der Waals surface area (Å²) in [5.41, 5.74) is 11.5. The SMILES string of the molecule is c1ccc(-c2cccc(N(c3ccccc3)c3ccc4c(ccc5c6cc(N(c7ccccc7)c7cccc(-c8ccccc8)c7)ccc6ccc45)c3)c2)cc1. The lowest BCUT2D eigenvalue weighted by Crippen LogP contribution is -2.10. The molecule has 0 radical (unpaired) electrons. The Balaban J connectivity index is 1.09. The predicted molar refractivity (Wildman–Crippen MR) is 239 cm³/mol. The number of fused-ring (bicyclic) bond motifs is 5. The molecule has 0 fully saturated rings. The van der Waals surface area contributed by atoms with Gasteiger partial charge >= 0.3 is 0 Å². The third-order valence-electron chi connectivity index (χ3n) is 10.8. The lowest BCUT2D eigenvalue weighted by molar-refractivity contribution is 1.29. The number of nitrogens with zero attached hydrogens (tertiary/aromatic N) is 2. The maximum Gasteiger partial charge on any atom is 0.0468 e. The van der Waals surface area contributed by atoms with Gasteiger partial charge in [0.1, 0.15) is 0 Å². The fourth-order valence-corrected chi connectivity index (χ4v) is 8.09. The van der Waals surface area contributed by atoms with Gasteiger partial charge < -0.3 is 9.80 Å². The highest BCUT2D eigenvalue weighted by Gasteiger charge is 2.17. The summed E-state index contributed by atoms with van der Waals surface area (Å²) < 4.78 is 0. The molecule has 0 aliphatic heterocycles. The van der Waals surface area contributed by atoms with Crippen LogP contribution in [0.15, 0.2) is 231 Å². The number of benzene rings is 10. The van der Waals surface area contributed by atoms with Crippen LogP contribution in [0.25, 0.3) is 54.6 Å². The second-order valence-electron chi connectivity index (χ2n) is 14.2. The summed E-state index contributed by atoms with van der Waals surface area (Å²) >= 11 is 0. The molecule has 0 spiro atoms. The maximum absolute atomic E-state index is 2.36. The summed E-state index contributed by atoms with van der Waals surface area (Å²) in [6.45, 7) is 0. The molecule has 10 aromatic carbocycles. The first-order valence-electron chi connectivity index (χ1n) is 19.2. The Morgan fingerprint density at radius 3 is 1.12 bits per heavy atom. The molecule has 2 nitrogen and oxygen atoms in total. The molecule has 10 rings (SSSR count). The highest BCUT2D eigenvalue weighted by atomic mass is 15.1. The molecule has 0 aromatic heterocycles. The van der Waals surface area contributed by atoms with E-state index in [2.05, 4.69) is 240 Å². The summed E-state index contributed by atoms with van der Waals surface area (Å²) in [6, 6.07) is 83.1. The Morgan fingerprint density at radius 2 is 0.571 bits per heavy atom. The molecule has 0 saturated carbocycles. The zero-order valence-corrected chi connectivity index (χ0v) is 30.8. The molecule has 0 aliphatic rings. The maximum atomic E-state index is 2.36. The topological polar surface area (TPSA) is 6.48 Å². The lowest BCUT2D eigenvalue weighted by atomic mass is 9.96. The predicted octanol–water partition coefficient (Wildman–Crippen LogP) is 15.4. The average molecular weight is 715 g/mol. The van der Waals surface area contributed by atoms with Gasteiger partial charge in [-0.15, -0.1) is 0 Å². The van der Waals surface area contributed by atoms with Crippen molar-refractivity contribution in [3.63, 3.8) is 0 Å². The van der Waals surface area contributed by atoms with Crippen molar-refractivity contribution in [2.45, 2.75) is 0 Å². The first kappa shape index (κ1) is 33.2. The summed E-state index contributed by atoms with van der Waals surface area (Å²) in [6.07, 6.45) is 0. The van der Waals surface area contributed by atoms with Crippen molar-refractivity contribution in [1.82, 2.24) is 0 Å². The largest absolute Gasteiger partial charge is 0.310 e. The van der Waals surface area contributed by atoms with E-state index in [1.807, 2.05) is 0 Å². The van der Waals surface area contributed by atoms with Crippen LogP contribution in [-0.4, -0.2) is 0 Å². The van der Waals surface area contributed by atoms with Crippen LogP contribution in [-0.2, 0) is 0 Å². The smallest absolute Gasteiger partial charge is 0.0468 e. The molecule has 10 aromatic rings. The van der Waals surface area contributed by atoms with Crippen molar-refractivity contribution >= 4 is 66.4 Å². The Hall–Kier alpha value is -7.42. The minimum Gasteiger partial charge on any atom is -0.310 e. The highest BCUT2D eigenvalue weighted by molar-refractivity contribution is 6.18. The van der Waals surface area contributed by atoms with Crippen molar-refractivity contribution in [2.24, 2.45) is 0 Å². The van der Waals surface area contributed by atoms with Crippen LogP contribution in [0.3, 0.4) is 0 Å². The van der Waals surface area contributed by atoms with Crippen molar-refractivity contribution in [3.05, 3.63) is 231 Å². The minimum atomic E-state index is 1.12. The van der Waals surface area contributed by atoms with Crippen molar-refractivity contribution in [2.75, 3.05) is 9.80 Å². The molecule has 0 amide bonds. The van der Waals surface area contributed by atoms with E-state index in [0.717, 1.165) is 34.1 Å². The molecule has 0 atom stereocenters. The van der Waals surface area contributed by atoms with Gasteiger partial charge in [0.25, 0.3) is 0 Å². The molecular weight excluding hydrogens is 677 g/mol. The fourth-order valence-electron chi connectivity index (χ4n) is 8.09. The molecule has 0 saturated heterocycles. The van der Waals surface area contributed by atoms with Crippen LogP contribution in [0.2, 0.25) is 0 Å². The number of rotatable bonds is 8. The van der Waals surface area contributed by atoms with Crippen LogP contribution >= 0.6 is 0 Å². The van der Waals surface area contributed by atoms with Crippen molar-refractivity contribution in [1.29, 1.82) is 0 Å². The molecule has 2 heteroatoms. The normalized spacial score (nSPS) is 11.2. The summed E-state index contributed by atoms with van der Waals surface area (Å²) in [5, 5.41) is 7.38. The van der Waals surface area contributed by atoms with Crippen molar-refractivity contribution in [3.8, 4) is 22.3 Å². The molecule has 0 unspecified atom stereocenters. The molecule has 56 heavy (non-hydrogen) atoms. The van der Waals surface area contributed by atoms with E-state index < -0.39 is 0 Å². The highest BCUT2D eigenvalue weighted by Crippen LogP contribution is 2.42. The third-order valence-corrected chi connectivity index (χ3v) is 10.8. The second-order valence-corrected chi connectivity index (χ2v) is 14.2. The Bertz CT molecular complexity index is 2960. The van der Waals surface area contributed by atoms with Crippen LogP contribution in [0.1, 0.15) is 0 Å². The Morgan fingerprint density at radius 1 is 0.196 bits per heavy atom. The van der Waals surface area contributed by atoms with Crippen molar-refractivity contribution < 1.29 is 0 Å². The van der Waals surface area contributed by atoms with E-state index in [4.69, 9.17) is 0 Å². The number of para-hydroxylation sites is 2. The van der Waals surface area contributed by atoms with Gasteiger partial charge in [0.15, 0.2) is 0 Å². The Kier molecular flexibility index (Phi) is 8.55. The van der Waals surface area contributed by atoms with Crippen LogP contribution in [0.5, 0.6) is 0 Å². The van der Waals surface area contributed by atoms with Gasteiger partial charge in [-0.05, 0) is 127 Å². The summed E-state index contributed by atoms with van der Waals surface area (Å²) in [7, 11) is 0. The number of anilines is 6. The zero-order valence-electron chi connectivity index (χ0n) is 30.8. The van der Waals surface area contributed by atoms with E-state index in [9.17, 15) is 0 Å². The third kappa shape index (κ3) is 6.24. The van der Waals surface area contributed by atoms with E-state index >= 15 is 0 Å². The molecular formula is C54H38N2. The van der Waals surface area contributed by atoms with Gasteiger partial charge in [-0.1, -0.05) is 158 Å². The average Bonchev–Trinajstić information content (AvgIpc) is 3.28. The minimum absolute atomic E-state index is 1.12. The summed E-state index contributed by atoms with van der Waals surface area (Å²) in [5.74, 6) is 0. The van der Waals surface area contributed by atoms with Gasteiger partial charge in [-0.25, -0.2) is 0 Å². The van der Waals surface area contributed by atoms with Gasteiger partial charge in [-0.3, -0.25) is 0 Å².